The van der Waals surface area contributed by atoms with Gasteiger partial charge in [0.2, 0.25) is 0 Å². The van der Waals surface area contributed by atoms with Crippen molar-refractivity contribution in [1.29, 1.82) is 0 Å². The molecule has 1 atom stereocenters. The van der Waals surface area contributed by atoms with E-state index in [0.717, 1.165) is 12.8 Å². The summed E-state index contributed by atoms with van der Waals surface area (Å²) in [6, 6.07) is 0. The van der Waals surface area contributed by atoms with Crippen molar-refractivity contribution < 1.29 is 0 Å². The minimum Gasteiger partial charge on any atom is -0.0850 e. The summed E-state index contributed by atoms with van der Waals surface area (Å²) in [7, 11) is 0. The minimum atomic E-state index is 0.282. The van der Waals surface area contributed by atoms with Gasteiger partial charge in [-0.1, -0.05) is 49.8 Å². The third-order valence-electron chi connectivity index (χ3n) is 2.66. The van der Waals surface area contributed by atoms with Gasteiger partial charge in [0.15, 0.2) is 0 Å². The molecular weight excluding hydrogens is 144 g/mol. The number of hydrogen-bond acceptors (Lipinski definition) is 0. The van der Waals surface area contributed by atoms with Crippen LogP contribution in [0.15, 0.2) is 36.0 Å². The quantitative estimate of drug-likeness (QED) is 0.541. The molecule has 66 valence electrons. The van der Waals surface area contributed by atoms with Gasteiger partial charge in [-0.05, 0) is 19.8 Å². The first-order valence-corrected chi connectivity index (χ1v) is 4.70. The molecule has 0 nitrogen and oxygen atoms in total. The molecule has 0 aromatic rings. The fraction of sp³-hybridized carbons (Fsp3) is 0.500. The van der Waals surface area contributed by atoms with Gasteiger partial charge in [-0.3, -0.25) is 0 Å². The van der Waals surface area contributed by atoms with Crippen LogP contribution >= 0.6 is 0 Å². The van der Waals surface area contributed by atoms with Crippen LogP contribution in [-0.2, 0) is 0 Å². The van der Waals surface area contributed by atoms with Gasteiger partial charge in [0.25, 0.3) is 0 Å². The number of allylic oxidation sites excluding steroid dienone is 6. The lowest BCUT2D eigenvalue weighted by atomic mass is 9.77. The lowest BCUT2D eigenvalue weighted by molar-refractivity contribution is 0.515. The van der Waals surface area contributed by atoms with Crippen molar-refractivity contribution >= 4 is 0 Å². The maximum absolute atomic E-state index is 2.32. The van der Waals surface area contributed by atoms with E-state index in [-0.39, 0.29) is 5.41 Å². The Kier molecular flexibility index (Phi) is 2.91. The number of rotatable bonds is 2. The molecule has 0 radical (unpaired) electrons. The molecule has 0 saturated heterocycles. The molecule has 1 aliphatic rings. The van der Waals surface area contributed by atoms with Crippen LogP contribution < -0.4 is 0 Å². The van der Waals surface area contributed by atoms with E-state index in [1.54, 1.807) is 0 Å². The van der Waals surface area contributed by atoms with E-state index in [0.29, 0.717) is 0 Å². The summed E-state index contributed by atoms with van der Waals surface area (Å²) in [6.07, 6.45) is 13.4. The second-order valence-corrected chi connectivity index (χ2v) is 3.70. The molecule has 1 rings (SSSR count). The van der Waals surface area contributed by atoms with Crippen molar-refractivity contribution in [3.8, 4) is 0 Å². The van der Waals surface area contributed by atoms with E-state index in [9.17, 15) is 0 Å². The van der Waals surface area contributed by atoms with Gasteiger partial charge in [-0.2, -0.15) is 0 Å². The van der Waals surface area contributed by atoms with Crippen LogP contribution in [-0.4, -0.2) is 0 Å². The molecule has 0 fully saturated rings. The Labute approximate surface area is 75.7 Å². The largest absolute Gasteiger partial charge is 0.0850 e. The molecule has 0 aromatic heterocycles. The molecule has 1 unspecified atom stereocenters. The van der Waals surface area contributed by atoms with E-state index >= 15 is 0 Å². The Bertz CT molecular complexity index is 230. The molecule has 0 aromatic carbocycles. The summed E-state index contributed by atoms with van der Waals surface area (Å²) in [5.74, 6) is 0. The first-order valence-electron chi connectivity index (χ1n) is 4.70. The highest BCUT2D eigenvalue weighted by Crippen LogP contribution is 2.34. The van der Waals surface area contributed by atoms with Crippen LogP contribution in [0.5, 0.6) is 0 Å². The molecule has 0 N–H and O–H groups in total. The predicted molar refractivity (Wildman–Crippen MR) is 55.1 cm³/mol. The van der Waals surface area contributed by atoms with E-state index < -0.39 is 0 Å². The molecule has 0 heterocycles. The summed E-state index contributed by atoms with van der Waals surface area (Å²) >= 11 is 0. The maximum Gasteiger partial charge on any atom is 0.00973 e. The fourth-order valence-electron chi connectivity index (χ4n) is 1.56. The average Bonchev–Trinajstić information content (AvgIpc) is 2.06. The normalized spacial score (nSPS) is 29.4. The van der Waals surface area contributed by atoms with Crippen molar-refractivity contribution in [3.05, 3.63) is 36.0 Å². The van der Waals surface area contributed by atoms with E-state index in [4.69, 9.17) is 0 Å². The SMILES string of the molecule is CCC=C(C)C1(C)C=CC=CC1. The van der Waals surface area contributed by atoms with Gasteiger partial charge in [0.05, 0.1) is 0 Å². The highest BCUT2D eigenvalue weighted by atomic mass is 14.3. The lowest BCUT2D eigenvalue weighted by Crippen LogP contribution is -2.15. The standard InChI is InChI=1S/C12H18/c1-4-8-11(2)12(3)9-6-5-7-10-12/h5-9H,4,10H2,1-3H3. The summed E-state index contributed by atoms with van der Waals surface area (Å²) in [5, 5.41) is 0. The summed E-state index contributed by atoms with van der Waals surface area (Å²) in [4.78, 5) is 0. The molecule has 0 amide bonds. The van der Waals surface area contributed by atoms with Crippen LogP contribution in [0.4, 0.5) is 0 Å². The number of hydrogen-bond donors (Lipinski definition) is 0. The third kappa shape index (κ3) is 1.88. The van der Waals surface area contributed by atoms with Crippen LogP contribution in [0.3, 0.4) is 0 Å². The molecule has 0 bridgehead atoms. The molecule has 0 saturated carbocycles. The van der Waals surface area contributed by atoms with Crippen LogP contribution in [0, 0.1) is 5.41 Å². The minimum absolute atomic E-state index is 0.282. The third-order valence-corrected chi connectivity index (χ3v) is 2.66. The van der Waals surface area contributed by atoms with E-state index in [1.165, 1.54) is 5.57 Å². The van der Waals surface area contributed by atoms with Crippen molar-refractivity contribution in [3.63, 3.8) is 0 Å². The second-order valence-electron chi connectivity index (χ2n) is 3.70. The smallest absolute Gasteiger partial charge is 0.00973 e. The van der Waals surface area contributed by atoms with Gasteiger partial charge in [0.1, 0.15) is 0 Å². The Hall–Kier alpha value is -0.780. The first-order chi connectivity index (χ1) is 5.69. The Balaban J connectivity index is 2.78. The maximum atomic E-state index is 2.32. The first kappa shape index (κ1) is 9.31. The fourth-order valence-corrected chi connectivity index (χ4v) is 1.56. The topological polar surface area (TPSA) is 0 Å². The van der Waals surface area contributed by atoms with E-state index in [1.807, 2.05) is 0 Å². The van der Waals surface area contributed by atoms with Gasteiger partial charge in [-0.25, -0.2) is 0 Å². The van der Waals surface area contributed by atoms with Crippen molar-refractivity contribution in [1.82, 2.24) is 0 Å². The van der Waals surface area contributed by atoms with Crippen molar-refractivity contribution in [2.75, 3.05) is 0 Å². The zero-order valence-corrected chi connectivity index (χ0v) is 8.30. The Morgan fingerprint density at radius 1 is 1.50 bits per heavy atom. The van der Waals surface area contributed by atoms with Crippen molar-refractivity contribution in [2.45, 2.75) is 33.6 Å². The Morgan fingerprint density at radius 2 is 2.25 bits per heavy atom. The zero-order chi connectivity index (χ0) is 9.03. The van der Waals surface area contributed by atoms with Crippen molar-refractivity contribution in [2.24, 2.45) is 5.41 Å². The summed E-state index contributed by atoms with van der Waals surface area (Å²) in [5.41, 5.74) is 1.77. The lowest BCUT2D eigenvalue weighted by Gasteiger charge is -2.27. The van der Waals surface area contributed by atoms with Gasteiger partial charge in [-0.15, -0.1) is 0 Å². The van der Waals surface area contributed by atoms with Crippen LogP contribution in [0.1, 0.15) is 33.6 Å². The van der Waals surface area contributed by atoms with E-state index in [2.05, 4.69) is 51.2 Å². The summed E-state index contributed by atoms with van der Waals surface area (Å²) < 4.78 is 0. The zero-order valence-electron chi connectivity index (χ0n) is 8.30. The molecule has 1 aliphatic carbocycles. The average molecular weight is 162 g/mol. The van der Waals surface area contributed by atoms with Gasteiger partial charge >= 0.3 is 0 Å². The highest BCUT2D eigenvalue weighted by molar-refractivity contribution is 5.26. The molecule has 12 heavy (non-hydrogen) atoms. The van der Waals surface area contributed by atoms with Crippen LogP contribution in [0.25, 0.3) is 0 Å². The highest BCUT2D eigenvalue weighted by Gasteiger charge is 2.21. The summed E-state index contributed by atoms with van der Waals surface area (Å²) in [6.45, 7) is 6.72. The van der Waals surface area contributed by atoms with Gasteiger partial charge < -0.3 is 0 Å². The Morgan fingerprint density at radius 3 is 2.75 bits per heavy atom. The van der Waals surface area contributed by atoms with Crippen LogP contribution in [0.2, 0.25) is 0 Å². The monoisotopic (exact) mass is 162 g/mol. The predicted octanol–water partition coefficient (Wildman–Crippen LogP) is 3.87. The van der Waals surface area contributed by atoms with Gasteiger partial charge in [0, 0.05) is 5.41 Å². The second kappa shape index (κ2) is 3.75. The molecular formula is C12H18. The molecule has 0 aliphatic heterocycles. The molecule has 0 heteroatoms. The molecule has 0 spiro atoms.